The molecule has 1 aliphatic heterocycles. The maximum atomic E-state index is 12.5. The van der Waals surface area contributed by atoms with Crippen molar-refractivity contribution in [3.05, 3.63) is 42.5 Å². The predicted octanol–water partition coefficient (Wildman–Crippen LogP) is 1.48. The summed E-state index contributed by atoms with van der Waals surface area (Å²) in [5.74, 6) is -0.881. The number of benzene rings is 1. The number of sulfonamides is 1. The summed E-state index contributed by atoms with van der Waals surface area (Å²) < 4.78 is 26.4. The van der Waals surface area contributed by atoms with Crippen LogP contribution in [-0.4, -0.2) is 49.9 Å². The molecule has 0 unspecified atom stereocenters. The lowest BCUT2D eigenvalue weighted by molar-refractivity contribution is -0.138. The second kappa shape index (κ2) is 8.26. The first kappa shape index (κ1) is 19.1. The first-order valence-electron chi connectivity index (χ1n) is 8.05. The molecule has 0 radical (unpaired) electrons. The maximum Gasteiger partial charge on any atom is 0.303 e. The van der Waals surface area contributed by atoms with Crippen molar-refractivity contribution < 1.29 is 23.1 Å². The number of nitrogens with one attached hydrogen (secondary N) is 1. The molecule has 0 saturated carbocycles. The Morgan fingerprint density at radius 3 is 2.36 bits per heavy atom. The van der Waals surface area contributed by atoms with Crippen LogP contribution in [0.15, 0.2) is 41.8 Å². The van der Waals surface area contributed by atoms with E-state index in [0.29, 0.717) is 31.5 Å². The van der Waals surface area contributed by atoms with Gasteiger partial charge in [-0.1, -0.05) is 6.08 Å². The highest BCUT2D eigenvalue weighted by atomic mass is 32.2. The first-order valence-corrected chi connectivity index (χ1v) is 9.53. The average molecular weight is 366 g/mol. The fraction of sp³-hybridized carbons (Fsp3) is 0.412. The maximum absolute atomic E-state index is 12.5. The molecule has 2 rings (SSSR count). The lowest BCUT2D eigenvalue weighted by Crippen LogP contribution is -2.38. The molecule has 25 heavy (non-hydrogen) atoms. The van der Waals surface area contributed by atoms with E-state index >= 15 is 0 Å². The van der Waals surface area contributed by atoms with E-state index in [4.69, 9.17) is 5.11 Å². The van der Waals surface area contributed by atoms with Crippen molar-refractivity contribution >= 4 is 21.9 Å². The fourth-order valence-electron chi connectivity index (χ4n) is 2.80. The molecule has 1 heterocycles. The number of hydrogen-bond donors (Lipinski definition) is 2. The van der Waals surface area contributed by atoms with Crippen LogP contribution in [0.4, 0.5) is 0 Å². The summed E-state index contributed by atoms with van der Waals surface area (Å²) in [6.45, 7) is 4.61. The lowest BCUT2D eigenvalue weighted by atomic mass is 9.93. The van der Waals surface area contributed by atoms with Crippen molar-refractivity contribution in [3.63, 3.8) is 0 Å². The number of carboxylic acid groups (broad SMARTS) is 1. The lowest BCUT2D eigenvalue weighted by Gasteiger charge is -2.31. The summed E-state index contributed by atoms with van der Waals surface area (Å²) in [5.41, 5.74) is 0.416. The van der Waals surface area contributed by atoms with E-state index in [9.17, 15) is 18.0 Å². The van der Waals surface area contributed by atoms with Crippen LogP contribution >= 0.6 is 0 Å². The highest BCUT2D eigenvalue weighted by Gasteiger charge is 2.25. The molecule has 0 spiro atoms. The molecule has 0 atom stereocenters. The number of rotatable bonds is 7. The van der Waals surface area contributed by atoms with Crippen LogP contribution in [0.1, 0.15) is 29.6 Å². The number of hydrogen-bond acceptors (Lipinski definition) is 4. The molecule has 1 saturated heterocycles. The second-order valence-corrected chi connectivity index (χ2v) is 7.77. The number of nitrogens with zero attached hydrogens (tertiary/aromatic N) is 1. The third-order valence-electron chi connectivity index (χ3n) is 4.19. The van der Waals surface area contributed by atoms with Gasteiger partial charge in [-0.05, 0) is 43.0 Å². The highest BCUT2D eigenvalue weighted by molar-refractivity contribution is 7.89. The van der Waals surface area contributed by atoms with Crippen molar-refractivity contribution in [1.82, 2.24) is 9.62 Å². The van der Waals surface area contributed by atoms with Gasteiger partial charge < -0.3 is 10.0 Å². The Labute approximate surface area is 147 Å². The number of carbonyl (C=O) groups excluding carboxylic acids is 1. The van der Waals surface area contributed by atoms with Gasteiger partial charge >= 0.3 is 5.97 Å². The normalized spacial score (nSPS) is 15.8. The second-order valence-electron chi connectivity index (χ2n) is 6.00. The van der Waals surface area contributed by atoms with Crippen molar-refractivity contribution in [2.75, 3.05) is 19.6 Å². The quantitative estimate of drug-likeness (QED) is 0.712. The Bertz CT molecular complexity index is 735. The predicted molar refractivity (Wildman–Crippen MR) is 92.7 cm³/mol. The van der Waals surface area contributed by atoms with E-state index in [-0.39, 0.29) is 29.7 Å². The molecule has 136 valence electrons. The van der Waals surface area contributed by atoms with Gasteiger partial charge in [-0.3, -0.25) is 9.59 Å². The van der Waals surface area contributed by atoms with Crippen molar-refractivity contribution in [1.29, 1.82) is 0 Å². The molecule has 7 nitrogen and oxygen atoms in total. The number of carbonyl (C=O) groups is 2. The summed E-state index contributed by atoms with van der Waals surface area (Å²) in [5, 5.41) is 8.82. The van der Waals surface area contributed by atoms with Gasteiger partial charge in [0.05, 0.1) is 4.90 Å². The van der Waals surface area contributed by atoms with Crippen LogP contribution in [0.5, 0.6) is 0 Å². The van der Waals surface area contributed by atoms with E-state index < -0.39 is 16.0 Å². The molecule has 1 aromatic carbocycles. The van der Waals surface area contributed by atoms with Gasteiger partial charge in [-0.2, -0.15) is 0 Å². The number of aliphatic carboxylic acids is 1. The molecule has 0 aliphatic carbocycles. The zero-order chi connectivity index (χ0) is 18.4. The minimum Gasteiger partial charge on any atom is -0.481 e. The topological polar surface area (TPSA) is 104 Å². The smallest absolute Gasteiger partial charge is 0.303 e. The van der Waals surface area contributed by atoms with Gasteiger partial charge in [0.25, 0.3) is 5.91 Å². The zero-order valence-corrected chi connectivity index (χ0v) is 14.7. The van der Waals surface area contributed by atoms with Crippen LogP contribution in [-0.2, 0) is 14.8 Å². The number of likely N-dealkylation sites (tertiary alicyclic amines) is 1. The van der Waals surface area contributed by atoms with E-state index in [1.165, 1.54) is 30.3 Å². The summed E-state index contributed by atoms with van der Waals surface area (Å²) in [4.78, 5) is 25.0. The molecule has 1 aromatic rings. The molecular formula is C17H22N2O5S. The van der Waals surface area contributed by atoms with Crippen LogP contribution < -0.4 is 4.72 Å². The zero-order valence-electron chi connectivity index (χ0n) is 13.8. The van der Waals surface area contributed by atoms with Crippen LogP contribution in [0.25, 0.3) is 0 Å². The third kappa shape index (κ3) is 5.14. The minimum absolute atomic E-state index is 0.0890. The van der Waals surface area contributed by atoms with Gasteiger partial charge in [0.15, 0.2) is 0 Å². The largest absolute Gasteiger partial charge is 0.481 e. The molecule has 1 aliphatic rings. The Hall–Kier alpha value is -2.19. The van der Waals surface area contributed by atoms with Crippen molar-refractivity contribution in [2.24, 2.45) is 5.92 Å². The van der Waals surface area contributed by atoms with E-state index in [0.717, 1.165) is 0 Å². The average Bonchev–Trinajstić information content (AvgIpc) is 2.60. The van der Waals surface area contributed by atoms with Crippen LogP contribution in [0.2, 0.25) is 0 Å². The molecule has 1 fully saturated rings. The third-order valence-corrected chi connectivity index (χ3v) is 5.63. The summed E-state index contributed by atoms with van der Waals surface area (Å²) in [7, 11) is -3.61. The molecule has 0 bridgehead atoms. The summed E-state index contributed by atoms with van der Waals surface area (Å²) in [6, 6.07) is 5.79. The van der Waals surface area contributed by atoms with E-state index in [1.807, 2.05) is 0 Å². The molecule has 0 aromatic heterocycles. The van der Waals surface area contributed by atoms with Gasteiger partial charge in [-0.15, -0.1) is 6.58 Å². The SMILES string of the molecule is C=CCNS(=O)(=O)c1ccc(C(=O)N2CCC(CC(=O)O)CC2)cc1. The van der Waals surface area contributed by atoms with Gasteiger partial charge in [0.2, 0.25) is 10.0 Å². The first-order chi connectivity index (χ1) is 11.8. The highest BCUT2D eigenvalue weighted by Crippen LogP contribution is 2.22. The minimum atomic E-state index is -3.61. The molecule has 1 amide bonds. The van der Waals surface area contributed by atoms with E-state index in [2.05, 4.69) is 11.3 Å². The monoisotopic (exact) mass is 366 g/mol. The standard InChI is InChI=1S/C17H22N2O5S/c1-2-9-18-25(23,24)15-5-3-14(4-6-15)17(22)19-10-7-13(8-11-19)12-16(20)21/h2-6,13,18H,1,7-12H2,(H,20,21). The molecule has 2 N–H and O–H groups in total. The van der Waals surface area contributed by atoms with Crippen LogP contribution in [0, 0.1) is 5.92 Å². The molecular weight excluding hydrogens is 344 g/mol. The Morgan fingerprint density at radius 1 is 1.24 bits per heavy atom. The number of piperidine rings is 1. The van der Waals surface area contributed by atoms with Crippen molar-refractivity contribution in [3.8, 4) is 0 Å². The molecule has 8 heteroatoms. The van der Waals surface area contributed by atoms with Gasteiger partial charge in [0.1, 0.15) is 0 Å². The number of amides is 1. The Kier molecular flexibility index (Phi) is 6.33. The summed E-state index contributed by atoms with van der Waals surface area (Å²) >= 11 is 0. The van der Waals surface area contributed by atoms with E-state index in [1.54, 1.807) is 4.90 Å². The summed E-state index contributed by atoms with van der Waals surface area (Å²) in [6.07, 6.45) is 2.90. The van der Waals surface area contributed by atoms with Crippen LogP contribution in [0.3, 0.4) is 0 Å². The Morgan fingerprint density at radius 2 is 1.84 bits per heavy atom. The Balaban J connectivity index is 1.99. The van der Waals surface area contributed by atoms with Crippen molar-refractivity contribution in [2.45, 2.75) is 24.2 Å². The van der Waals surface area contributed by atoms with Gasteiger partial charge in [-0.25, -0.2) is 13.1 Å². The fourth-order valence-corrected chi connectivity index (χ4v) is 3.80. The number of carboxylic acids is 1. The van der Waals surface area contributed by atoms with Gasteiger partial charge in [0, 0.05) is 31.6 Å².